The quantitative estimate of drug-likeness (QED) is 0.839. The van der Waals surface area contributed by atoms with Crippen molar-refractivity contribution in [2.24, 2.45) is 17.8 Å². The number of likely N-dealkylation sites (tertiary alicyclic amines) is 1. The average molecular weight is 335 g/mol. The van der Waals surface area contributed by atoms with Crippen molar-refractivity contribution in [2.45, 2.75) is 26.7 Å². The largest absolute Gasteiger partial charge is 0.481 e. The zero-order valence-electron chi connectivity index (χ0n) is 13.9. The summed E-state index contributed by atoms with van der Waals surface area (Å²) in [4.78, 5) is 37.5. The number of Topliss-reactive ketones (excluding diaryl/α,β-unsaturated/α-hetero) is 1. The molecule has 1 heterocycles. The number of piperidine rings is 1. The van der Waals surface area contributed by atoms with Crippen molar-refractivity contribution < 1.29 is 23.9 Å². The second kappa shape index (κ2) is 7.55. The molecule has 5 nitrogen and oxygen atoms in total. The Morgan fingerprint density at radius 3 is 2.67 bits per heavy atom. The molecule has 1 aromatic carbocycles. The molecule has 6 heteroatoms. The van der Waals surface area contributed by atoms with Crippen LogP contribution < -0.4 is 0 Å². The van der Waals surface area contributed by atoms with Gasteiger partial charge in [0, 0.05) is 31.0 Å². The number of halogens is 1. The molecule has 0 spiro atoms. The Kier molecular flexibility index (Phi) is 5.70. The van der Waals surface area contributed by atoms with Gasteiger partial charge in [-0.2, -0.15) is 0 Å². The molecule has 3 atom stereocenters. The van der Waals surface area contributed by atoms with Crippen LogP contribution in [0.2, 0.25) is 0 Å². The normalized spacial score (nSPS) is 22.0. The Morgan fingerprint density at radius 2 is 2.04 bits per heavy atom. The Balaban J connectivity index is 2.00. The zero-order chi connectivity index (χ0) is 17.9. The van der Waals surface area contributed by atoms with Crippen LogP contribution in [0.25, 0.3) is 0 Å². The van der Waals surface area contributed by atoms with Crippen molar-refractivity contribution >= 4 is 17.7 Å². The summed E-state index contributed by atoms with van der Waals surface area (Å²) in [5.74, 6) is -2.95. The van der Waals surface area contributed by atoms with Crippen LogP contribution in [0, 0.1) is 23.6 Å². The predicted molar refractivity (Wildman–Crippen MR) is 86.0 cm³/mol. The Morgan fingerprint density at radius 1 is 1.33 bits per heavy atom. The highest BCUT2D eigenvalue weighted by Gasteiger charge is 2.32. The molecule has 1 amide bonds. The SMILES string of the molecule is CC1CC(C(=O)O)CN(C(=O)CC(C)C(=O)c2cccc(F)c2)C1. The summed E-state index contributed by atoms with van der Waals surface area (Å²) in [5, 5.41) is 9.17. The van der Waals surface area contributed by atoms with Crippen molar-refractivity contribution in [2.75, 3.05) is 13.1 Å². The van der Waals surface area contributed by atoms with Crippen LogP contribution in [0.3, 0.4) is 0 Å². The maximum atomic E-state index is 13.2. The molecular weight excluding hydrogens is 313 g/mol. The van der Waals surface area contributed by atoms with Gasteiger partial charge in [0.1, 0.15) is 5.82 Å². The summed E-state index contributed by atoms with van der Waals surface area (Å²) in [6, 6.07) is 5.40. The third-order valence-electron chi connectivity index (χ3n) is 4.40. The van der Waals surface area contributed by atoms with E-state index in [1.54, 1.807) is 6.92 Å². The first-order chi connectivity index (χ1) is 11.3. The number of nitrogens with zero attached hydrogens (tertiary/aromatic N) is 1. The van der Waals surface area contributed by atoms with E-state index >= 15 is 0 Å². The first-order valence-electron chi connectivity index (χ1n) is 8.08. The van der Waals surface area contributed by atoms with Gasteiger partial charge in [0.05, 0.1) is 5.92 Å². The van der Waals surface area contributed by atoms with Crippen molar-refractivity contribution in [3.05, 3.63) is 35.6 Å². The van der Waals surface area contributed by atoms with Crippen molar-refractivity contribution in [3.63, 3.8) is 0 Å². The maximum absolute atomic E-state index is 13.2. The average Bonchev–Trinajstić information content (AvgIpc) is 2.53. The van der Waals surface area contributed by atoms with Gasteiger partial charge in [-0.15, -0.1) is 0 Å². The van der Waals surface area contributed by atoms with E-state index < -0.39 is 23.6 Å². The lowest BCUT2D eigenvalue weighted by Gasteiger charge is -2.35. The van der Waals surface area contributed by atoms with E-state index in [1.807, 2.05) is 6.92 Å². The Bertz CT molecular complexity index is 646. The first kappa shape index (κ1) is 18.1. The number of aliphatic carboxylic acids is 1. The lowest BCUT2D eigenvalue weighted by molar-refractivity contribution is -0.147. The summed E-state index contributed by atoms with van der Waals surface area (Å²) in [5.41, 5.74) is 0.241. The molecule has 0 bridgehead atoms. The maximum Gasteiger partial charge on any atom is 0.308 e. The first-order valence-corrected chi connectivity index (χ1v) is 8.08. The lowest BCUT2D eigenvalue weighted by atomic mass is 9.89. The molecule has 1 aliphatic heterocycles. The van der Waals surface area contributed by atoms with Gasteiger partial charge in [0.2, 0.25) is 5.91 Å². The summed E-state index contributed by atoms with van der Waals surface area (Å²) >= 11 is 0. The topological polar surface area (TPSA) is 74.7 Å². The zero-order valence-corrected chi connectivity index (χ0v) is 13.9. The molecule has 1 saturated heterocycles. The fraction of sp³-hybridized carbons (Fsp3) is 0.500. The minimum Gasteiger partial charge on any atom is -0.481 e. The Labute approximate surface area is 140 Å². The molecule has 0 saturated carbocycles. The van der Waals surface area contributed by atoms with Gasteiger partial charge < -0.3 is 10.0 Å². The Hall–Kier alpha value is -2.24. The molecule has 0 aromatic heterocycles. The highest BCUT2D eigenvalue weighted by atomic mass is 19.1. The minimum absolute atomic E-state index is 0.00555. The molecule has 130 valence electrons. The van der Waals surface area contributed by atoms with Crippen LogP contribution >= 0.6 is 0 Å². The molecule has 0 radical (unpaired) electrons. The van der Waals surface area contributed by atoms with Gasteiger partial charge in [0.25, 0.3) is 0 Å². The summed E-state index contributed by atoms with van der Waals surface area (Å²) in [6.07, 6.45) is 0.547. The number of carbonyl (C=O) groups excluding carboxylic acids is 2. The molecule has 1 aromatic rings. The van der Waals surface area contributed by atoms with Crippen molar-refractivity contribution in [1.82, 2.24) is 4.90 Å². The highest BCUT2D eigenvalue weighted by Crippen LogP contribution is 2.23. The van der Waals surface area contributed by atoms with Gasteiger partial charge in [0.15, 0.2) is 5.78 Å². The number of carboxylic acid groups (broad SMARTS) is 1. The van der Waals surface area contributed by atoms with E-state index in [2.05, 4.69) is 0 Å². The van der Waals surface area contributed by atoms with Crippen LogP contribution in [-0.4, -0.2) is 40.8 Å². The highest BCUT2D eigenvalue weighted by molar-refractivity contribution is 5.99. The fourth-order valence-corrected chi connectivity index (χ4v) is 3.14. The molecule has 1 fully saturated rings. The van der Waals surface area contributed by atoms with E-state index in [0.29, 0.717) is 13.0 Å². The number of rotatable bonds is 5. The number of ketones is 1. The van der Waals surface area contributed by atoms with Gasteiger partial charge in [-0.3, -0.25) is 14.4 Å². The van der Waals surface area contributed by atoms with E-state index in [-0.39, 0.29) is 36.1 Å². The lowest BCUT2D eigenvalue weighted by Crippen LogP contribution is -2.46. The number of carboxylic acids is 1. The molecular formula is C18H22FNO4. The van der Waals surface area contributed by atoms with Crippen molar-refractivity contribution in [1.29, 1.82) is 0 Å². The van der Waals surface area contributed by atoms with Crippen LogP contribution in [0.5, 0.6) is 0 Å². The van der Waals surface area contributed by atoms with Crippen molar-refractivity contribution in [3.8, 4) is 0 Å². The molecule has 24 heavy (non-hydrogen) atoms. The summed E-state index contributed by atoms with van der Waals surface area (Å²) in [7, 11) is 0. The monoisotopic (exact) mass is 335 g/mol. The van der Waals surface area contributed by atoms with Gasteiger partial charge >= 0.3 is 5.97 Å². The molecule has 1 N–H and O–H groups in total. The standard InChI is InChI=1S/C18H22FNO4/c1-11-6-14(18(23)24)10-20(9-11)16(21)7-12(2)17(22)13-4-3-5-15(19)8-13/h3-5,8,11-12,14H,6-7,9-10H2,1-2H3,(H,23,24). The third kappa shape index (κ3) is 4.40. The van der Waals surface area contributed by atoms with Crippen LogP contribution in [-0.2, 0) is 9.59 Å². The summed E-state index contributed by atoms with van der Waals surface area (Å²) in [6.45, 7) is 4.23. The number of amides is 1. The number of carbonyl (C=O) groups is 3. The summed E-state index contributed by atoms with van der Waals surface area (Å²) < 4.78 is 13.2. The smallest absolute Gasteiger partial charge is 0.308 e. The third-order valence-corrected chi connectivity index (χ3v) is 4.40. The van der Waals surface area contributed by atoms with Crippen LogP contribution in [0.4, 0.5) is 4.39 Å². The second-order valence-electron chi connectivity index (χ2n) is 6.65. The van der Waals surface area contributed by atoms with E-state index in [4.69, 9.17) is 0 Å². The number of benzene rings is 1. The number of hydrogen-bond donors (Lipinski definition) is 1. The predicted octanol–water partition coefficient (Wildman–Crippen LogP) is 2.60. The van der Waals surface area contributed by atoms with E-state index in [0.717, 1.165) is 6.07 Å². The fourth-order valence-electron chi connectivity index (χ4n) is 3.14. The molecule has 3 unspecified atom stereocenters. The van der Waals surface area contributed by atoms with E-state index in [9.17, 15) is 23.9 Å². The van der Waals surface area contributed by atoms with Gasteiger partial charge in [-0.1, -0.05) is 26.0 Å². The minimum atomic E-state index is -0.900. The number of hydrogen-bond acceptors (Lipinski definition) is 3. The van der Waals surface area contributed by atoms with Crippen LogP contribution in [0.15, 0.2) is 24.3 Å². The van der Waals surface area contributed by atoms with E-state index in [1.165, 1.54) is 23.1 Å². The van der Waals surface area contributed by atoms with Gasteiger partial charge in [-0.05, 0) is 24.5 Å². The molecule has 0 aliphatic carbocycles. The molecule has 1 aliphatic rings. The van der Waals surface area contributed by atoms with Crippen LogP contribution in [0.1, 0.15) is 37.0 Å². The second-order valence-corrected chi connectivity index (χ2v) is 6.65. The molecule has 2 rings (SSSR count). The van der Waals surface area contributed by atoms with Gasteiger partial charge in [-0.25, -0.2) is 4.39 Å².